The summed E-state index contributed by atoms with van der Waals surface area (Å²) < 4.78 is 9.68. The second kappa shape index (κ2) is 3.53. The molecule has 58 valence electrons. The van der Waals surface area contributed by atoms with E-state index in [1.165, 1.54) is 0 Å². The summed E-state index contributed by atoms with van der Waals surface area (Å²) in [5.74, 6) is -0.319. The predicted molar refractivity (Wildman–Crippen MR) is 34.4 cm³/mol. The van der Waals surface area contributed by atoms with Crippen molar-refractivity contribution in [2.75, 3.05) is 19.8 Å². The van der Waals surface area contributed by atoms with Crippen LogP contribution in [0.2, 0.25) is 0 Å². The highest BCUT2D eigenvalue weighted by Gasteiger charge is 2.23. The zero-order chi connectivity index (χ0) is 7.40. The molecule has 1 unspecified atom stereocenters. The fourth-order valence-electron chi connectivity index (χ4n) is 0.795. The average molecular weight is 145 g/mol. The van der Waals surface area contributed by atoms with Crippen molar-refractivity contribution in [3.63, 3.8) is 0 Å². The van der Waals surface area contributed by atoms with Gasteiger partial charge in [-0.3, -0.25) is 5.32 Å². The number of nitrogens with one attached hydrogen (secondary N) is 1. The third-order valence-corrected chi connectivity index (χ3v) is 1.22. The quantitative estimate of drug-likeness (QED) is 0.532. The van der Waals surface area contributed by atoms with Crippen LogP contribution < -0.4 is 5.32 Å². The number of rotatable bonds is 2. The third-order valence-electron chi connectivity index (χ3n) is 1.22. The minimum absolute atomic E-state index is 0.319. The smallest absolute Gasteiger partial charge is 0.350 e. The van der Waals surface area contributed by atoms with Crippen molar-refractivity contribution >= 4 is 5.97 Å². The van der Waals surface area contributed by atoms with E-state index in [2.05, 4.69) is 5.32 Å². The summed E-state index contributed by atoms with van der Waals surface area (Å²) in [7, 11) is 0. The van der Waals surface area contributed by atoms with Gasteiger partial charge in [0, 0.05) is 6.54 Å². The Labute approximate surface area is 59.5 Å². The van der Waals surface area contributed by atoms with Gasteiger partial charge in [0.15, 0.2) is 0 Å². The van der Waals surface area contributed by atoms with Gasteiger partial charge in [0.05, 0.1) is 13.2 Å². The number of hydrogen-bond acceptors (Lipinski definition) is 4. The lowest BCUT2D eigenvalue weighted by Gasteiger charge is -2.07. The van der Waals surface area contributed by atoms with E-state index >= 15 is 0 Å². The number of ether oxygens (including phenoxy) is 2. The lowest BCUT2D eigenvalue weighted by atomic mass is 10.6. The Balaban J connectivity index is 2.25. The Bertz CT molecular complexity index is 120. The highest BCUT2D eigenvalue weighted by molar-refractivity contribution is 5.74. The van der Waals surface area contributed by atoms with Crippen LogP contribution in [0.3, 0.4) is 0 Å². The number of carbonyl (C=O) groups excluding carboxylic acids is 1. The van der Waals surface area contributed by atoms with E-state index in [1.54, 1.807) is 6.92 Å². The standard InChI is InChI=1S/C6H11NO3/c1-2-9-6(8)5-7-3-4-10-5/h5,7H,2-4H2,1H3. The zero-order valence-electron chi connectivity index (χ0n) is 5.92. The van der Waals surface area contributed by atoms with Gasteiger partial charge in [-0.15, -0.1) is 0 Å². The van der Waals surface area contributed by atoms with Gasteiger partial charge in [0.25, 0.3) is 0 Å². The van der Waals surface area contributed by atoms with Crippen molar-refractivity contribution in [3.8, 4) is 0 Å². The summed E-state index contributed by atoms with van der Waals surface area (Å²) in [6.45, 7) is 3.49. The number of carbonyl (C=O) groups is 1. The highest BCUT2D eigenvalue weighted by atomic mass is 16.6. The number of esters is 1. The van der Waals surface area contributed by atoms with Gasteiger partial charge in [0.1, 0.15) is 0 Å². The van der Waals surface area contributed by atoms with Crippen LogP contribution >= 0.6 is 0 Å². The first kappa shape index (κ1) is 7.50. The summed E-state index contributed by atoms with van der Waals surface area (Å²) in [4.78, 5) is 10.8. The van der Waals surface area contributed by atoms with Crippen LogP contribution in [0.5, 0.6) is 0 Å². The maximum atomic E-state index is 10.8. The summed E-state index contributed by atoms with van der Waals surface area (Å²) in [6, 6.07) is 0. The molecule has 10 heavy (non-hydrogen) atoms. The second-order valence-corrected chi connectivity index (χ2v) is 1.96. The van der Waals surface area contributed by atoms with Crippen molar-refractivity contribution in [3.05, 3.63) is 0 Å². The minimum atomic E-state index is -0.528. The topological polar surface area (TPSA) is 47.6 Å². The molecule has 1 fully saturated rings. The zero-order valence-corrected chi connectivity index (χ0v) is 5.92. The Morgan fingerprint density at radius 1 is 1.90 bits per heavy atom. The molecule has 0 spiro atoms. The van der Waals surface area contributed by atoms with E-state index in [9.17, 15) is 4.79 Å². The van der Waals surface area contributed by atoms with Gasteiger partial charge in [-0.2, -0.15) is 0 Å². The van der Waals surface area contributed by atoms with Crippen molar-refractivity contribution in [1.82, 2.24) is 5.32 Å². The molecule has 1 rings (SSSR count). The van der Waals surface area contributed by atoms with Crippen LogP contribution in [0.4, 0.5) is 0 Å². The molecule has 0 saturated carbocycles. The van der Waals surface area contributed by atoms with Gasteiger partial charge in [-0.05, 0) is 6.92 Å². The molecule has 1 atom stereocenters. The fourth-order valence-corrected chi connectivity index (χ4v) is 0.795. The predicted octanol–water partition coefficient (Wildman–Crippen LogP) is -0.505. The van der Waals surface area contributed by atoms with Crippen LogP contribution in [0.25, 0.3) is 0 Å². The highest BCUT2D eigenvalue weighted by Crippen LogP contribution is 1.97. The fraction of sp³-hybridized carbons (Fsp3) is 0.833. The Morgan fingerprint density at radius 3 is 3.20 bits per heavy atom. The maximum absolute atomic E-state index is 10.8. The van der Waals surface area contributed by atoms with Gasteiger partial charge >= 0.3 is 5.97 Å². The van der Waals surface area contributed by atoms with Crippen LogP contribution in [0.15, 0.2) is 0 Å². The average Bonchev–Trinajstić information content (AvgIpc) is 2.38. The van der Waals surface area contributed by atoms with E-state index < -0.39 is 6.23 Å². The molecule has 0 aromatic rings. The van der Waals surface area contributed by atoms with Crippen molar-refractivity contribution in [2.45, 2.75) is 13.2 Å². The van der Waals surface area contributed by atoms with E-state index in [0.717, 1.165) is 6.54 Å². The van der Waals surface area contributed by atoms with Gasteiger partial charge in [0.2, 0.25) is 6.23 Å². The van der Waals surface area contributed by atoms with Crippen molar-refractivity contribution in [2.24, 2.45) is 0 Å². The molecule has 0 bridgehead atoms. The molecular formula is C6H11NO3. The molecule has 0 aliphatic carbocycles. The number of hydrogen-bond donors (Lipinski definition) is 1. The Morgan fingerprint density at radius 2 is 2.70 bits per heavy atom. The SMILES string of the molecule is CCOC(=O)C1NCCO1. The molecule has 0 aromatic carbocycles. The molecule has 0 amide bonds. The molecular weight excluding hydrogens is 134 g/mol. The van der Waals surface area contributed by atoms with Gasteiger partial charge < -0.3 is 9.47 Å². The van der Waals surface area contributed by atoms with E-state index in [1.807, 2.05) is 0 Å². The molecule has 1 heterocycles. The van der Waals surface area contributed by atoms with E-state index in [4.69, 9.17) is 9.47 Å². The molecule has 1 N–H and O–H groups in total. The van der Waals surface area contributed by atoms with Crippen LogP contribution in [0.1, 0.15) is 6.92 Å². The Kier molecular flexibility index (Phi) is 2.65. The molecule has 1 aliphatic heterocycles. The monoisotopic (exact) mass is 145 g/mol. The summed E-state index contributed by atoms with van der Waals surface area (Å²) in [6.07, 6.45) is -0.528. The molecule has 4 nitrogen and oxygen atoms in total. The summed E-state index contributed by atoms with van der Waals surface area (Å²) in [5, 5.41) is 2.84. The van der Waals surface area contributed by atoms with Crippen LogP contribution in [-0.2, 0) is 14.3 Å². The van der Waals surface area contributed by atoms with Crippen LogP contribution in [-0.4, -0.2) is 32.0 Å². The first-order chi connectivity index (χ1) is 4.84. The third kappa shape index (κ3) is 1.68. The van der Waals surface area contributed by atoms with Crippen LogP contribution in [0, 0.1) is 0 Å². The molecule has 1 saturated heterocycles. The first-order valence-electron chi connectivity index (χ1n) is 3.36. The summed E-state index contributed by atoms with van der Waals surface area (Å²) in [5.41, 5.74) is 0. The van der Waals surface area contributed by atoms with Gasteiger partial charge in [-0.1, -0.05) is 0 Å². The normalized spacial score (nSPS) is 24.7. The van der Waals surface area contributed by atoms with Crippen molar-refractivity contribution < 1.29 is 14.3 Å². The first-order valence-corrected chi connectivity index (χ1v) is 3.36. The van der Waals surface area contributed by atoms with Crippen molar-refractivity contribution in [1.29, 1.82) is 0 Å². The molecule has 1 aliphatic rings. The maximum Gasteiger partial charge on any atom is 0.350 e. The minimum Gasteiger partial charge on any atom is -0.463 e. The Hall–Kier alpha value is -0.610. The second-order valence-electron chi connectivity index (χ2n) is 1.96. The van der Waals surface area contributed by atoms with Gasteiger partial charge in [-0.25, -0.2) is 4.79 Å². The lowest BCUT2D eigenvalue weighted by Crippen LogP contribution is -2.33. The van der Waals surface area contributed by atoms with E-state index in [-0.39, 0.29) is 5.97 Å². The molecule has 4 heteroatoms. The van der Waals surface area contributed by atoms with E-state index in [0.29, 0.717) is 13.2 Å². The lowest BCUT2D eigenvalue weighted by molar-refractivity contribution is -0.154. The summed E-state index contributed by atoms with van der Waals surface area (Å²) >= 11 is 0. The largest absolute Gasteiger partial charge is 0.463 e. The molecule has 0 radical (unpaired) electrons. The molecule has 0 aromatic heterocycles.